The smallest absolute Gasteiger partial charge is 0.335 e. The van der Waals surface area contributed by atoms with E-state index in [1.54, 1.807) is 32.4 Å². The molecule has 0 aromatic heterocycles. The molecule has 2 aromatic rings. The molecule has 5 nitrogen and oxygen atoms in total. The van der Waals surface area contributed by atoms with Crippen molar-refractivity contribution in [3.05, 3.63) is 53.1 Å². The topological polar surface area (TPSA) is 67.8 Å². The number of hydrogen-bond donors (Lipinski definition) is 2. The lowest BCUT2D eigenvalue weighted by molar-refractivity contribution is 0.0697. The van der Waals surface area contributed by atoms with E-state index in [1.807, 2.05) is 25.1 Å². The number of benzene rings is 2. The average molecular weight is 301 g/mol. The Hall–Kier alpha value is -2.69. The standard InChI is InChI=1S/C17H19NO4/c1-11-4-6-13(17(19)20)9-14(11)18-10-12-5-7-15(21-2)16(8-12)22-3/h4-9,18H,10H2,1-3H3,(H,19,20). The molecule has 0 bridgehead atoms. The molecule has 0 aliphatic rings. The molecule has 5 heteroatoms. The van der Waals surface area contributed by atoms with Gasteiger partial charge in [-0.3, -0.25) is 0 Å². The van der Waals surface area contributed by atoms with Gasteiger partial charge in [-0.1, -0.05) is 12.1 Å². The highest BCUT2D eigenvalue weighted by Crippen LogP contribution is 2.28. The lowest BCUT2D eigenvalue weighted by Crippen LogP contribution is -2.04. The number of rotatable bonds is 6. The van der Waals surface area contributed by atoms with E-state index in [-0.39, 0.29) is 5.56 Å². The third kappa shape index (κ3) is 3.49. The van der Waals surface area contributed by atoms with Gasteiger partial charge in [0.1, 0.15) is 0 Å². The Labute approximate surface area is 129 Å². The first-order valence-corrected chi connectivity index (χ1v) is 6.84. The van der Waals surface area contributed by atoms with E-state index >= 15 is 0 Å². The van der Waals surface area contributed by atoms with Crippen LogP contribution in [0.1, 0.15) is 21.5 Å². The molecule has 22 heavy (non-hydrogen) atoms. The van der Waals surface area contributed by atoms with Crippen LogP contribution in [-0.4, -0.2) is 25.3 Å². The number of carboxylic acid groups (broad SMARTS) is 1. The molecule has 0 saturated carbocycles. The van der Waals surface area contributed by atoms with Gasteiger partial charge in [0.05, 0.1) is 19.8 Å². The van der Waals surface area contributed by atoms with Crippen LogP contribution in [0.3, 0.4) is 0 Å². The molecule has 0 atom stereocenters. The summed E-state index contributed by atoms with van der Waals surface area (Å²) in [5.41, 5.74) is 3.07. The van der Waals surface area contributed by atoms with Gasteiger partial charge in [0.2, 0.25) is 0 Å². The van der Waals surface area contributed by atoms with Crippen molar-refractivity contribution in [2.75, 3.05) is 19.5 Å². The minimum Gasteiger partial charge on any atom is -0.493 e. The van der Waals surface area contributed by atoms with Crippen LogP contribution in [0.5, 0.6) is 11.5 Å². The molecule has 0 amide bonds. The monoisotopic (exact) mass is 301 g/mol. The highest BCUT2D eigenvalue weighted by molar-refractivity contribution is 5.89. The zero-order valence-electron chi connectivity index (χ0n) is 12.8. The van der Waals surface area contributed by atoms with Crippen LogP contribution >= 0.6 is 0 Å². The number of aromatic carboxylic acids is 1. The lowest BCUT2D eigenvalue weighted by Gasteiger charge is -2.13. The summed E-state index contributed by atoms with van der Waals surface area (Å²) in [6, 6.07) is 10.7. The second kappa shape index (κ2) is 6.85. The van der Waals surface area contributed by atoms with Gasteiger partial charge in [-0.25, -0.2) is 4.79 Å². The maximum atomic E-state index is 11.0. The normalized spacial score (nSPS) is 10.1. The number of ether oxygens (including phenoxy) is 2. The number of methoxy groups -OCH3 is 2. The predicted octanol–water partition coefficient (Wildman–Crippen LogP) is 3.32. The zero-order valence-corrected chi connectivity index (χ0v) is 12.8. The van der Waals surface area contributed by atoms with Crippen molar-refractivity contribution in [2.45, 2.75) is 13.5 Å². The first kappa shape index (κ1) is 15.7. The Bertz CT molecular complexity index is 682. The first-order chi connectivity index (χ1) is 10.5. The van der Waals surface area contributed by atoms with Crippen molar-refractivity contribution in [3.8, 4) is 11.5 Å². The number of carbonyl (C=O) groups is 1. The number of hydrogen-bond acceptors (Lipinski definition) is 4. The SMILES string of the molecule is COc1ccc(CNc2cc(C(=O)O)ccc2C)cc1OC. The van der Waals surface area contributed by atoms with Crippen LogP contribution in [0.25, 0.3) is 0 Å². The highest BCUT2D eigenvalue weighted by Gasteiger charge is 2.07. The van der Waals surface area contributed by atoms with E-state index in [1.165, 1.54) is 0 Å². The minimum absolute atomic E-state index is 0.264. The van der Waals surface area contributed by atoms with Crippen LogP contribution in [-0.2, 0) is 6.54 Å². The molecular weight excluding hydrogens is 282 g/mol. The Morgan fingerprint density at radius 2 is 1.82 bits per heavy atom. The summed E-state index contributed by atoms with van der Waals surface area (Å²) in [7, 11) is 3.19. The molecule has 0 saturated heterocycles. The number of carboxylic acids is 1. The third-order valence-electron chi connectivity index (χ3n) is 3.42. The van der Waals surface area contributed by atoms with E-state index in [2.05, 4.69) is 5.32 Å². The van der Waals surface area contributed by atoms with Crippen molar-refractivity contribution in [1.82, 2.24) is 0 Å². The van der Waals surface area contributed by atoms with Crippen molar-refractivity contribution in [2.24, 2.45) is 0 Å². The molecule has 0 radical (unpaired) electrons. The van der Waals surface area contributed by atoms with Crippen LogP contribution in [0.2, 0.25) is 0 Å². The minimum atomic E-state index is -0.936. The molecule has 0 fully saturated rings. The largest absolute Gasteiger partial charge is 0.493 e. The molecule has 116 valence electrons. The van der Waals surface area contributed by atoms with Gasteiger partial charge < -0.3 is 19.9 Å². The first-order valence-electron chi connectivity index (χ1n) is 6.84. The van der Waals surface area contributed by atoms with Crippen molar-refractivity contribution in [3.63, 3.8) is 0 Å². The van der Waals surface area contributed by atoms with Crippen molar-refractivity contribution in [1.29, 1.82) is 0 Å². The summed E-state index contributed by atoms with van der Waals surface area (Å²) in [5, 5.41) is 12.3. The lowest BCUT2D eigenvalue weighted by atomic mass is 10.1. The number of nitrogens with one attached hydrogen (secondary N) is 1. The maximum Gasteiger partial charge on any atom is 0.335 e. The fourth-order valence-corrected chi connectivity index (χ4v) is 2.13. The number of anilines is 1. The van der Waals surface area contributed by atoms with E-state index in [0.29, 0.717) is 18.0 Å². The summed E-state index contributed by atoms with van der Waals surface area (Å²) in [6.45, 7) is 2.49. The summed E-state index contributed by atoms with van der Waals surface area (Å²) in [6.07, 6.45) is 0. The van der Waals surface area contributed by atoms with Gasteiger partial charge in [0, 0.05) is 12.2 Å². The molecule has 2 rings (SSSR count). The predicted molar refractivity (Wildman–Crippen MR) is 85.0 cm³/mol. The molecule has 2 aromatic carbocycles. The quantitative estimate of drug-likeness (QED) is 0.856. The second-order valence-corrected chi connectivity index (χ2v) is 4.88. The Morgan fingerprint density at radius 3 is 2.45 bits per heavy atom. The van der Waals surface area contributed by atoms with E-state index < -0.39 is 5.97 Å². The van der Waals surface area contributed by atoms with Gasteiger partial charge in [0.25, 0.3) is 0 Å². The molecule has 0 aliphatic carbocycles. The van der Waals surface area contributed by atoms with Gasteiger partial charge in [-0.05, 0) is 42.3 Å². The fraction of sp³-hybridized carbons (Fsp3) is 0.235. The van der Waals surface area contributed by atoms with Crippen molar-refractivity contribution < 1.29 is 19.4 Å². The summed E-state index contributed by atoms with van der Waals surface area (Å²) < 4.78 is 10.5. The molecule has 0 aliphatic heterocycles. The number of aryl methyl sites for hydroxylation is 1. The molecule has 0 heterocycles. The zero-order chi connectivity index (χ0) is 16.1. The van der Waals surface area contributed by atoms with E-state index in [4.69, 9.17) is 14.6 Å². The molecule has 0 spiro atoms. The van der Waals surface area contributed by atoms with Gasteiger partial charge >= 0.3 is 5.97 Å². The average Bonchev–Trinajstić information content (AvgIpc) is 2.53. The van der Waals surface area contributed by atoms with E-state index in [9.17, 15) is 4.79 Å². The Morgan fingerprint density at radius 1 is 1.09 bits per heavy atom. The van der Waals surface area contributed by atoms with Crippen LogP contribution < -0.4 is 14.8 Å². The van der Waals surface area contributed by atoms with E-state index in [0.717, 1.165) is 16.8 Å². The second-order valence-electron chi connectivity index (χ2n) is 4.88. The summed E-state index contributed by atoms with van der Waals surface area (Å²) >= 11 is 0. The molecule has 0 unspecified atom stereocenters. The van der Waals surface area contributed by atoms with Crippen LogP contribution in [0, 0.1) is 6.92 Å². The Balaban J connectivity index is 2.16. The fourth-order valence-electron chi connectivity index (χ4n) is 2.13. The van der Waals surface area contributed by atoms with Crippen LogP contribution in [0.4, 0.5) is 5.69 Å². The van der Waals surface area contributed by atoms with Gasteiger partial charge in [-0.2, -0.15) is 0 Å². The Kier molecular flexibility index (Phi) is 4.88. The van der Waals surface area contributed by atoms with Gasteiger partial charge in [-0.15, -0.1) is 0 Å². The summed E-state index contributed by atoms with van der Waals surface area (Å²) in [4.78, 5) is 11.0. The highest BCUT2D eigenvalue weighted by atomic mass is 16.5. The summed E-state index contributed by atoms with van der Waals surface area (Å²) in [5.74, 6) is 0.405. The molecular formula is C17H19NO4. The third-order valence-corrected chi connectivity index (χ3v) is 3.42. The molecule has 2 N–H and O–H groups in total. The van der Waals surface area contributed by atoms with Crippen LogP contribution in [0.15, 0.2) is 36.4 Å². The van der Waals surface area contributed by atoms with Crippen molar-refractivity contribution >= 4 is 11.7 Å². The van der Waals surface area contributed by atoms with Gasteiger partial charge in [0.15, 0.2) is 11.5 Å². The maximum absolute atomic E-state index is 11.0.